The molecule has 0 spiro atoms. The minimum atomic E-state index is 0. The predicted octanol–water partition coefficient (Wildman–Crippen LogP) is 2.91. The van der Waals surface area contributed by atoms with Crippen LogP contribution in [-0.4, -0.2) is 30.4 Å². The quantitative estimate of drug-likeness (QED) is 0.848. The summed E-state index contributed by atoms with van der Waals surface area (Å²) in [7, 11) is 0. The lowest BCUT2D eigenvalue weighted by Crippen LogP contribution is -2.36. The second kappa shape index (κ2) is 8.98. The van der Waals surface area contributed by atoms with Crippen molar-refractivity contribution in [3.05, 3.63) is 35.4 Å². The summed E-state index contributed by atoms with van der Waals surface area (Å²) in [6, 6.07) is 8.53. The van der Waals surface area contributed by atoms with Gasteiger partial charge in [0.2, 0.25) is 5.91 Å². The Morgan fingerprint density at radius 2 is 2.10 bits per heavy atom. The van der Waals surface area contributed by atoms with E-state index in [0.717, 1.165) is 45.4 Å². The molecule has 0 aromatic heterocycles. The molecule has 20 heavy (non-hydrogen) atoms. The van der Waals surface area contributed by atoms with Gasteiger partial charge in [-0.2, -0.15) is 0 Å². The lowest BCUT2D eigenvalue weighted by Gasteiger charge is -2.20. The fourth-order valence-corrected chi connectivity index (χ4v) is 2.54. The molecule has 0 saturated carbocycles. The van der Waals surface area contributed by atoms with Crippen LogP contribution in [0.25, 0.3) is 0 Å². The lowest BCUT2D eigenvalue weighted by atomic mass is 10.1. The second-order valence-corrected chi connectivity index (χ2v) is 5.36. The van der Waals surface area contributed by atoms with E-state index in [0.29, 0.717) is 5.91 Å². The van der Waals surface area contributed by atoms with Crippen molar-refractivity contribution in [3.8, 4) is 0 Å². The van der Waals surface area contributed by atoms with Crippen LogP contribution in [0.15, 0.2) is 24.3 Å². The van der Waals surface area contributed by atoms with Crippen LogP contribution < -0.4 is 5.32 Å². The van der Waals surface area contributed by atoms with Crippen molar-refractivity contribution in [1.82, 2.24) is 10.2 Å². The molecule has 2 rings (SSSR count). The number of benzene rings is 1. The van der Waals surface area contributed by atoms with Crippen molar-refractivity contribution < 1.29 is 4.79 Å². The van der Waals surface area contributed by atoms with Crippen LogP contribution in [0.2, 0.25) is 0 Å². The third kappa shape index (κ3) is 5.51. The molecule has 3 nitrogen and oxygen atoms in total. The number of carbonyl (C=O) groups is 1. The first kappa shape index (κ1) is 17.0. The number of nitrogens with one attached hydrogen (secondary N) is 1. The monoisotopic (exact) mass is 296 g/mol. The molecule has 1 heterocycles. The third-order valence-electron chi connectivity index (χ3n) is 3.64. The van der Waals surface area contributed by atoms with E-state index in [2.05, 4.69) is 36.5 Å². The summed E-state index contributed by atoms with van der Waals surface area (Å²) in [5.74, 6) is 0.329. The topological polar surface area (TPSA) is 32.3 Å². The van der Waals surface area contributed by atoms with Crippen molar-refractivity contribution in [1.29, 1.82) is 0 Å². The summed E-state index contributed by atoms with van der Waals surface area (Å²) in [5.41, 5.74) is 2.60. The molecule has 0 atom stereocenters. The standard InChI is InChI=1S/C16H24N2O.ClH/c1-14-6-5-7-15(12-14)13-17-9-11-18-10-4-2-3-8-16(18)19;/h5-7,12,17H,2-4,8-11,13H2,1H3;1H. The van der Waals surface area contributed by atoms with Crippen LogP contribution in [0.4, 0.5) is 0 Å². The smallest absolute Gasteiger partial charge is 0.222 e. The fourth-order valence-electron chi connectivity index (χ4n) is 2.54. The molecule has 1 aliphatic rings. The number of carbonyl (C=O) groups excluding carboxylic acids is 1. The fraction of sp³-hybridized carbons (Fsp3) is 0.562. The number of nitrogens with zero attached hydrogens (tertiary/aromatic N) is 1. The average molecular weight is 297 g/mol. The molecule has 1 fully saturated rings. The van der Waals surface area contributed by atoms with Crippen molar-refractivity contribution in [3.63, 3.8) is 0 Å². The van der Waals surface area contributed by atoms with Crippen molar-refractivity contribution in [2.24, 2.45) is 0 Å². The van der Waals surface area contributed by atoms with E-state index in [1.807, 2.05) is 4.90 Å². The molecule has 1 amide bonds. The first-order chi connectivity index (χ1) is 9.25. The Balaban J connectivity index is 0.00000200. The minimum absolute atomic E-state index is 0. The van der Waals surface area contributed by atoms with Gasteiger partial charge in [-0.3, -0.25) is 4.79 Å². The van der Waals surface area contributed by atoms with Crippen molar-refractivity contribution in [2.45, 2.75) is 39.2 Å². The number of rotatable bonds is 5. The molecule has 0 radical (unpaired) electrons. The van der Waals surface area contributed by atoms with Crippen LogP contribution >= 0.6 is 12.4 Å². The molecule has 0 bridgehead atoms. The maximum absolute atomic E-state index is 11.8. The zero-order valence-electron chi connectivity index (χ0n) is 12.2. The van der Waals surface area contributed by atoms with Gasteiger partial charge in [0.1, 0.15) is 0 Å². The molecule has 1 aliphatic heterocycles. The summed E-state index contributed by atoms with van der Waals surface area (Å²) >= 11 is 0. The normalized spacial score (nSPS) is 15.7. The lowest BCUT2D eigenvalue weighted by molar-refractivity contribution is -0.130. The second-order valence-electron chi connectivity index (χ2n) is 5.36. The zero-order valence-corrected chi connectivity index (χ0v) is 13.0. The third-order valence-corrected chi connectivity index (χ3v) is 3.64. The van der Waals surface area contributed by atoms with E-state index in [1.165, 1.54) is 17.5 Å². The van der Waals surface area contributed by atoms with Gasteiger partial charge in [-0.1, -0.05) is 36.2 Å². The van der Waals surface area contributed by atoms with Gasteiger partial charge in [0.25, 0.3) is 0 Å². The number of halogens is 1. The Kier molecular flexibility index (Phi) is 7.63. The van der Waals surface area contributed by atoms with Gasteiger partial charge >= 0.3 is 0 Å². The Bertz CT molecular complexity index is 423. The van der Waals surface area contributed by atoms with Crippen LogP contribution in [0.1, 0.15) is 36.8 Å². The molecule has 0 aliphatic carbocycles. The van der Waals surface area contributed by atoms with Crippen LogP contribution in [0, 0.1) is 6.92 Å². The van der Waals surface area contributed by atoms with Gasteiger partial charge in [0.15, 0.2) is 0 Å². The summed E-state index contributed by atoms with van der Waals surface area (Å²) in [4.78, 5) is 13.8. The molecule has 1 aromatic rings. The van der Waals surface area contributed by atoms with Gasteiger partial charge in [-0.05, 0) is 25.3 Å². The molecule has 112 valence electrons. The summed E-state index contributed by atoms with van der Waals surface area (Å²) < 4.78 is 0. The Labute approximate surface area is 128 Å². The number of amides is 1. The van der Waals surface area contributed by atoms with Gasteiger partial charge in [-0.15, -0.1) is 12.4 Å². The van der Waals surface area contributed by atoms with Gasteiger partial charge in [-0.25, -0.2) is 0 Å². The summed E-state index contributed by atoms with van der Waals surface area (Å²) in [6.07, 6.45) is 4.15. The molecule has 1 N–H and O–H groups in total. The largest absolute Gasteiger partial charge is 0.341 e. The highest BCUT2D eigenvalue weighted by molar-refractivity contribution is 5.85. The highest BCUT2D eigenvalue weighted by Crippen LogP contribution is 2.10. The Morgan fingerprint density at radius 1 is 1.25 bits per heavy atom. The first-order valence-corrected chi connectivity index (χ1v) is 7.30. The molecule has 4 heteroatoms. The summed E-state index contributed by atoms with van der Waals surface area (Å²) in [6.45, 7) is 5.64. The van der Waals surface area contributed by atoms with Crippen molar-refractivity contribution >= 4 is 18.3 Å². The van der Waals surface area contributed by atoms with E-state index >= 15 is 0 Å². The van der Waals surface area contributed by atoms with E-state index in [9.17, 15) is 4.79 Å². The highest BCUT2D eigenvalue weighted by atomic mass is 35.5. The van der Waals surface area contributed by atoms with E-state index in [-0.39, 0.29) is 12.4 Å². The van der Waals surface area contributed by atoms with Crippen LogP contribution in [0.5, 0.6) is 0 Å². The minimum Gasteiger partial charge on any atom is -0.341 e. The Morgan fingerprint density at radius 3 is 2.90 bits per heavy atom. The maximum atomic E-state index is 11.8. The maximum Gasteiger partial charge on any atom is 0.222 e. The first-order valence-electron chi connectivity index (χ1n) is 7.30. The molecular weight excluding hydrogens is 272 g/mol. The van der Waals surface area contributed by atoms with E-state index in [4.69, 9.17) is 0 Å². The van der Waals surface area contributed by atoms with Crippen molar-refractivity contribution in [2.75, 3.05) is 19.6 Å². The highest BCUT2D eigenvalue weighted by Gasteiger charge is 2.15. The molecule has 1 saturated heterocycles. The number of aryl methyl sites for hydroxylation is 1. The number of hydrogen-bond donors (Lipinski definition) is 1. The molecular formula is C16H25ClN2O. The van der Waals surface area contributed by atoms with E-state index in [1.54, 1.807) is 0 Å². The average Bonchev–Trinajstić information content (AvgIpc) is 2.60. The SMILES string of the molecule is Cc1cccc(CNCCN2CCCCCC2=O)c1.Cl. The number of likely N-dealkylation sites (tertiary alicyclic amines) is 1. The predicted molar refractivity (Wildman–Crippen MR) is 85.2 cm³/mol. The zero-order chi connectivity index (χ0) is 13.5. The van der Waals surface area contributed by atoms with Crippen LogP contribution in [-0.2, 0) is 11.3 Å². The van der Waals surface area contributed by atoms with Gasteiger partial charge < -0.3 is 10.2 Å². The van der Waals surface area contributed by atoms with Gasteiger partial charge in [0, 0.05) is 32.6 Å². The van der Waals surface area contributed by atoms with Gasteiger partial charge in [0.05, 0.1) is 0 Å². The Hall–Kier alpha value is -1.06. The molecule has 1 aromatic carbocycles. The number of hydrogen-bond acceptors (Lipinski definition) is 2. The molecule has 0 unspecified atom stereocenters. The van der Waals surface area contributed by atoms with Crippen LogP contribution in [0.3, 0.4) is 0 Å². The van der Waals surface area contributed by atoms with E-state index < -0.39 is 0 Å². The summed E-state index contributed by atoms with van der Waals surface area (Å²) in [5, 5.41) is 3.42.